The molecular weight excluding hydrogens is 175 g/mol. The summed E-state index contributed by atoms with van der Waals surface area (Å²) in [6, 6.07) is 0. The van der Waals surface area contributed by atoms with Crippen molar-refractivity contribution >= 4 is 6.47 Å². The Morgan fingerprint density at radius 2 is 1.71 bits per heavy atom. The fraction of sp³-hybridized carbons (Fsp3) is 0.500. The van der Waals surface area contributed by atoms with E-state index in [1.54, 1.807) is 0 Å². The molecule has 0 saturated heterocycles. The predicted octanol–water partition coefficient (Wildman–Crippen LogP) is -1.50. The Bertz CT molecular complexity index is 26.9. The third-order valence-corrected chi connectivity index (χ3v) is 0. The molecule has 0 amide bonds. The first-order valence-electron chi connectivity index (χ1n) is 1.15. The maximum absolute atomic E-state index is 8.24. The maximum Gasteiger partial charge on any atom is 0.0906 e. The van der Waals surface area contributed by atoms with Crippen LogP contribution < -0.4 is 5.73 Å². The quantitative estimate of drug-likeness (QED) is 0.313. The summed E-state index contributed by atoms with van der Waals surface area (Å²) in [5.74, 6) is 0. The second kappa shape index (κ2) is 31.5. The first kappa shape index (κ1) is 15.6. The zero-order valence-electron chi connectivity index (χ0n) is 3.66. The average molecular weight is 181 g/mol. The zero-order valence-corrected chi connectivity index (χ0v) is 6.50. The van der Waals surface area contributed by atoms with Gasteiger partial charge in [0.25, 0.3) is 0 Å². The Labute approximate surface area is 66.6 Å². The first-order valence-corrected chi connectivity index (χ1v) is 1.15. The normalized spacial score (nSPS) is 4.29. The molecule has 0 rings (SSSR count). The van der Waals surface area contributed by atoms with Crippen molar-refractivity contribution in [1.82, 2.24) is 0 Å². The fourth-order valence-corrected chi connectivity index (χ4v) is 0. The van der Waals surface area contributed by atoms with E-state index in [0.29, 0.717) is 6.47 Å². The molecule has 0 aliphatic carbocycles. The van der Waals surface area contributed by atoms with Gasteiger partial charge in [-0.1, -0.05) is 6.47 Å². The molecule has 1 radical (unpaired) electrons. The molecule has 0 bridgehead atoms. The second-order valence-corrected chi connectivity index (χ2v) is 0.274. The minimum Gasteiger partial charge on any atom is -0.665 e. The van der Waals surface area contributed by atoms with E-state index in [2.05, 4.69) is 5.73 Å². The predicted molar refractivity (Wildman–Crippen MR) is 19.6 cm³/mol. The first-order chi connectivity index (χ1) is 2.83. The Hall–Kier alpha value is 0.494. The van der Waals surface area contributed by atoms with Gasteiger partial charge in [-0.3, -0.25) is 0 Å². The Morgan fingerprint density at radius 3 is 1.71 bits per heavy atom. The van der Waals surface area contributed by atoms with Gasteiger partial charge in [0.1, 0.15) is 0 Å². The summed E-state index contributed by atoms with van der Waals surface area (Å²) in [6.45, 7) is 0.250. The van der Waals surface area contributed by atoms with E-state index < -0.39 is 0 Å². The van der Waals surface area contributed by atoms with Gasteiger partial charge in [0.2, 0.25) is 0 Å². The Morgan fingerprint density at radius 1 is 1.71 bits per heavy atom. The Kier molecular flexibility index (Phi) is 70.5. The molecule has 0 atom stereocenters. The van der Waals surface area contributed by atoms with Crippen LogP contribution in [0.15, 0.2) is 0 Å². The van der Waals surface area contributed by atoms with E-state index in [4.69, 9.17) is 15.0 Å². The zero-order chi connectivity index (χ0) is 5.41. The fourth-order valence-electron chi connectivity index (χ4n) is 0. The molecule has 0 saturated carbocycles. The van der Waals surface area contributed by atoms with Crippen LogP contribution in [0.25, 0.3) is 0 Å². The minimum absolute atomic E-state index is 0. The van der Waals surface area contributed by atoms with Crippen LogP contribution in [0.3, 0.4) is 0 Å². The molecule has 4 N–H and O–H groups in total. The van der Waals surface area contributed by atoms with Crippen molar-refractivity contribution in [1.29, 1.82) is 0 Å². The number of aliphatic hydroxyl groups is 1. The van der Waals surface area contributed by atoms with Gasteiger partial charge in [-0.05, 0) is 0 Å². The molecule has 4 nitrogen and oxygen atoms in total. The molecule has 0 unspecified atom stereocenters. The summed E-state index contributed by atoms with van der Waals surface area (Å²) in [4.78, 5) is 8.24. The van der Waals surface area contributed by atoms with Crippen molar-refractivity contribution in [2.45, 2.75) is 0 Å². The van der Waals surface area contributed by atoms with Crippen molar-refractivity contribution in [2.24, 2.45) is 5.73 Å². The van der Waals surface area contributed by atoms with Crippen molar-refractivity contribution < 1.29 is 47.7 Å². The summed E-state index contributed by atoms with van der Waals surface area (Å²) in [5.41, 5.74) is 4.40. The standard InChI is InChI=1S/CH5NO.CHO2.Y/c2*2-1-3;/h3H,1-2H2;(H,2,3);/q;-1;. The van der Waals surface area contributed by atoms with E-state index in [0.717, 1.165) is 0 Å². The third-order valence-electron chi connectivity index (χ3n) is 0. The summed E-state index contributed by atoms with van der Waals surface area (Å²) < 4.78 is 0. The van der Waals surface area contributed by atoms with E-state index in [1.165, 1.54) is 0 Å². The third kappa shape index (κ3) is 538. The van der Waals surface area contributed by atoms with E-state index in [9.17, 15) is 0 Å². The molecule has 0 heterocycles. The van der Waals surface area contributed by atoms with Gasteiger partial charge < -0.3 is 20.7 Å². The van der Waals surface area contributed by atoms with E-state index in [1.807, 2.05) is 0 Å². The molecule has 7 heavy (non-hydrogen) atoms. The van der Waals surface area contributed by atoms with Crippen LogP contribution in [0.2, 0.25) is 0 Å². The van der Waals surface area contributed by atoms with Crippen LogP contribution in [-0.4, -0.2) is 23.4 Å². The molecule has 0 aromatic carbocycles. The average Bonchev–Trinajstić information content (AvgIpc) is 1.39. The van der Waals surface area contributed by atoms with Crippen LogP contribution in [0.4, 0.5) is 0 Å². The van der Waals surface area contributed by atoms with Crippen LogP contribution in [0.1, 0.15) is 0 Å². The van der Waals surface area contributed by atoms with Crippen LogP contribution in [0.5, 0.6) is 0 Å². The number of nitrogens with two attached hydrogens (primary N) is 1. The molecule has 5 heteroatoms. The summed E-state index contributed by atoms with van der Waals surface area (Å²) in [6.07, 6.45) is 0. The number of rotatable bonds is 0. The van der Waals surface area contributed by atoms with Gasteiger partial charge in [-0.2, -0.15) is 0 Å². The molecule has 0 fully saturated rings. The molecular formula is C2H6NO3Y-. The molecule has 0 aromatic rings. The largest absolute Gasteiger partial charge is 0.665 e. The van der Waals surface area contributed by atoms with Crippen molar-refractivity contribution in [3.8, 4) is 0 Å². The van der Waals surface area contributed by atoms with E-state index >= 15 is 0 Å². The van der Waals surface area contributed by atoms with Crippen LogP contribution in [-0.2, 0) is 37.5 Å². The minimum atomic E-state index is -0.250. The molecule has 41 valence electrons. The van der Waals surface area contributed by atoms with Crippen LogP contribution >= 0.6 is 0 Å². The summed E-state index contributed by atoms with van der Waals surface area (Å²) in [5, 5.41) is 14.1. The topological polar surface area (TPSA) is 83.5 Å². The van der Waals surface area contributed by atoms with Gasteiger partial charge >= 0.3 is 0 Å². The monoisotopic (exact) mass is 181 g/mol. The van der Waals surface area contributed by atoms with Crippen LogP contribution in [0, 0.1) is 0 Å². The molecule has 0 aliphatic rings. The smallest absolute Gasteiger partial charge is 0.0906 e. The SMILES string of the molecule is NCO.O=[C-]O.[Y]. The molecule has 0 aromatic heterocycles. The summed E-state index contributed by atoms with van der Waals surface area (Å²) >= 11 is 0. The molecule has 0 spiro atoms. The maximum atomic E-state index is 8.24. The van der Waals surface area contributed by atoms with Gasteiger partial charge in [0, 0.05) is 32.7 Å². The van der Waals surface area contributed by atoms with Crippen molar-refractivity contribution in [3.63, 3.8) is 0 Å². The number of aliphatic hydroxyl groups excluding tert-OH is 2. The van der Waals surface area contributed by atoms with Gasteiger partial charge in [0.05, 0.1) is 6.73 Å². The second-order valence-electron chi connectivity index (χ2n) is 0.274. The Balaban J connectivity index is -0.0000000400. The van der Waals surface area contributed by atoms with Gasteiger partial charge in [-0.25, -0.2) is 0 Å². The van der Waals surface area contributed by atoms with Crippen molar-refractivity contribution in [2.75, 3.05) is 6.73 Å². The number of hydrogen-bond acceptors (Lipinski definition) is 3. The van der Waals surface area contributed by atoms with Gasteiger partial charge in [-0.15, -0.1) is 0 Å². The number of hydrogen-bond donors (Lipinski definition) is 3. The van der Waals surface area contributed by atoms with Gasteiger partial charge in [0.15, 0.2) is 0 Å². The summed E-state index contributed by atoms with van der Waals surface area (Å²) in [7, 11) is 0. The van der Waals surface area contributed by atoms with E-state index in [-0.39, 0.29) is 39.4 Å². The molecule has 0 aliphatic heterocycles. The van der Waals surface area contributed by atoms with Crippen molar-refractivity contribution in [3.05, 3.63) is 0 Å².